The first-order chi connectivity index (χ1) is 11.6. The van der Waals surface area contributed by atoms with Gasteiger partial charge in [0.15, 0.2) is 0 Å². The fraction of sp³-hybridized carbons (Fsp3) is 0.647. The van der Waals surface area contributed by atoms with Gasteiger partial charge in [0.05, 0.1) is 11.9 Å². The second kappa shape index (κ2) is 6.12. The van der Waals surface area contributed by atoms with Crippen LogP contribution in [0.4, 0.5) is 5.82 Å². The van der Waals surface area contributed by atoms with Gasteiger partial charge in [-0.2, -0.15) is 0 Å². The minimum Gasteiger partial charge on any atom is -0.356 e. The molecule has 7 heteroatoms. The smallest absolute Gasteiger partial charge is 0.132 e. The van der Waals surface area contributed by atoms with Gasteiger partial charge in [0.25, 0.3) is 0 Å². The van der Waals surface area contributed by atoms with Crippen molar-refractivity contribution in [3.05, 3.63) is 30.0 Å². The van der Waals surface area contributed by atoms with Crippen molar-refractivity contribution in [1.29, 1.82) is 0 Å². The summed E-state index contributed by atoms with van der Waals surface area (Å²) in [6.45, 7) is 9.79. The average Bonchev–Trinajstić information content (AvgIpc) is 3.23. The first-order valence-electron chi connectivity index (χ1n) is 8.73. The zero-order chi connectivity index (χ0) is 16.7. The Labute approximate surface area is 142 Å². The Balaban J connectivity index is 1.39. The van der Waals surface area contributed by atoms with Crippen molar-refractivity contribution in [1.82, 2.24) is 29.9 Å². The third-order valence-corrected chi connectivity index (χ3v) is 5.35. The highest BCUT2D eigenvalue weighted by Crippen LogP contribution is 2.34. The van der Waals surface area contributed by atoms with Gasteiger partial charge in [0.2, 0.25) is 0 Å². The predicted molar refractivity (Wildman–Crippen MR) is 91.6 cm³/mol. The van der Waals surface area contributed by atoms with Crippen molar-refractivity contribution >= 4 is 5.82 Å². The molecule has 2 fully saturated rings. The number of fused-ring (bicyclic) bond motifs is 1. The van der Waals surface area contributed by atoms with Crippen LogP contribution < -0.4 is 4.90 Å². The fourth-order valence-electron chi connectivity index (χ4n) is 3.94. The highest BCUT2D eigenvalue weighted by atomic mass is 15.4. The van der Waals surface area contributed by atoms with Gasteiger partial charge in [0.1, 0.15) is 12.1 Å². The van der Waals surface area contributed by atoms with Gasteiger partial charge in [-0.25, -0.2) is 9.97 Å². The molecule has 2 saturated heterocycles. The molecule has 7 nitrogen and oxygen atoms in total. The van der Waals surface area contributed by atoms with Gasteiger partial charge in [0, 0.05) is 51.5 Å². The maximum Gasteiger partial charge on any atom is 0.132 e. The molecule has 4 heterocycles. The summed E-state index contributed by atoms with van der Waals surface area (Å²) < 4.78 is 1.87. The SMILES string of the molecule is CC(C)c1cc(N2CC3CN(Cc4cnnn4C)CC3C2)ncn1. The number of hydrogen-bond acceptors (Lipinski definition) is 6. The molecular formula is C17H25N7. The summed E-state index contributed by atoms with van der Waals surface area (Å²) in [5.41, 5.74) is 2.31. The van der Waals surface area contributed by atoms with Crippen LogP contribution in [0.1, 0.15) is 31.2 Å². The molecule has 128 valence electrons. The van der Waals surface area contributed by atoms with E-state index in [9.17, 15) is 0 Å². The Morgan fingerprint density at radius 3 is 2.50 bits per heavy atom. The van der Waals surface area contributed by atoms with Crippen molar-refractivity contribution in [3.8, 4) is 0 Å². The highest BCUT2D eigenvalue weighted by molar-refractivity contribution is 5.41. The molecule has 24 heavy (non-hydrogen) atoms. The molecular weight excluding hydrogens is 302 g/mol. The van der Waals surface area contributed by atoms with Gasteiger partial charge < -0.3 is 4.90 Å². The summed E-state index contributed by atoms with van der Waals surface area (Å²) in [6.07, 6.45) is 3.58. The number of rotatable bonds is 4. The van der Waals surface area contributed by atoms with Crippen molar-refractivity contribution in [3.63, 3.8) is 0 Å². The number of aryl methyl sites for hydroxylation is 1. The molecule has 4 rings (SSSR count). The minimum atomic E-state index is 0.442. The van der Waals surface area contributed by atoms with E-state index < -0.39 is 0 Å². The lowest BCUT2D eigenvalue weighted by molar-refractivity contribution is 0.300. The molecule has 0 amide bonds. The van der Waals surface area contributed by atoms with Crippen molar-refractivity contribution in [2.75, 3.05) is 31.1 Å². The van der Waals surface area contributed by atoms with Crippen molar-refractivity contribution in [2.45, 2.75) is 26.3 Å². The molecule has 0 spiro atoms. The second-order valence-corrected chi connectivity index (χ2v) is 7.42. The van der Waals surface area contributed by atoms with Gasteiger partial charge >= 0.3 is 0 Å². The Morgan fingerprint density at radius 2 is 1.88 bits per heavy atom. The maximum atomic E-state index is 4.50. The van der Waals surface area contributed by atoms with Crippen LogP contribution >= 0.6 is 0 Å². The number of nitrogens with zero attached hydrogens (tertiary/aromatic N) is 7. The molecule has 2 aromatic heterocycles. The average molecular weight is 327 g/mol. The molecule has 2 atom stereocenters. The lowest BCUT2D eigenvalue weighted by Crippen LogP contribution is -2.29. The Hall–Kier alpha value is -2.02. The third-order valence-electron chi connectivity index (χ3n) is 5.35. The van der Waals surface area contributed by atoms with E-state index in [2.05, 4.69) is 50.0 Å². The summed E-state index contributed by atoms with van der Waals surface area (Å²) in [7, 11) is 1.96. The van der Waals surface area contributed by atoms with E-state index in [1.165, 1.54) is 5.69 Å². The van der Waals surface area contributed by atoms with Gasteiger partial charge in [-0.05, 0) is 17.8 Å². The second-order valence-electron chi connectivity index (χ2n) is 7.42. The largest absolute Gasteiger partial charge is 0.356 e. The summed E-state index contributed by atoms with van der Waals surface area (Å²) >= 11 is 0. The summed E-state index contributed by atoms with van der Waals surface area (Å²) in [5.74, 6) is 2.98. The van der Waals surface area contributed by atoms with E-state index in [4.69, 9.17) is 0 Å². The minimum absolute atomic E-state index is 0.442. The summed E-state index contributed by atoms with van der Waals surface area (Å²) in [4.78, 5) is 13.9. The van der Waals surface area contributed by atoms with Crippen LogP contribution in [0.2, 0.25) is 0 Å². The van der Waals surface area contributed by atoms with E-state index in [1.807, 2.05) is 17.9 Å². The third kappa shape index (κ3) is 2.88. The van der Waals surface area contributed by atoms with E-state index in [0.29, 0.717) is 5.92 Å². The van der Waals surface area contributed by atoms with Crippen molar-refractivity contribution in [2.24, 2.45) is 18.9 Å². The fourth-order valence-corrected chi connectivity index (χ4v) is 3.94. The number of aromatic nitrogens is 5. The molecule has 0 aliphatic carbocycles. The molecule has 0 aromatic carbocycles. The van der Waals surface area contributed by atoms with Crippen LogP contribution in [0.25, 0.3) is 0 Å². The normalized spacial score (nSPS) is 24.1. The first-order valence-corrected chi connectivity index (χ1v) is 8.73. The highest BCUT2D eigenvalue weighted by Gasteiger charge is 2.40. The van der Waals surface area contributed by atoms with E-state index in [-0.39, 0.29) is 0 Å². The lowest BCUT2D eigenvalue weighted by atomic mass is 10.0. The Morgan fingerprint density at radius 1 is 1.12 bits per heavy atom. The molecule has 2 aliphatic heterocycles. The summed E-state index contributed by atoms with van der Waals surface area (Å²) in [5, 5.41) is 8.00. The van der Waals surface area contributed by atoms with Crippen LogP contribution in [-0.2, 0) is 13.6 Å². The topological polar surface area (TPSA) is 63.0 Å². The number of likely N-dealkylation sites (tertiary alicyclic amines) is 1. The Kier molecular flexibility index (Phi) is 3.96. The quantitative estimate of drug-likeness (QED) is 0.843. The molecule has 2 aromatic rings. The zero-order valence-corrected chi connectivity index (χ0v) is 14.6. The van der Waals surface area contributed by atoms with E-state index in [0.717, 1.165) is 56.1 Å². The lowest BCUT2D eigenvalue weighted by Gasteiger charge is -2.22. The Bertz CT molecular complexity index is 696. The number of anilines is 1. The molecule has 2 aliphatic rings. The van der Waals surface area contributed by atoms with Gasteiger partial charge in [-0.3, -0.25) is 9.58 Å². The molecule has 0 saturated carbocycles. The number of hydrogen-bond donors (Lipinski definition) is 0. The zero-order valence-electron chi connectivity index (χ0n) is 14.6. The van der Waals surface area contributed by atoms with Crippen LogP contribution in [-0.4, -0.2) is 56.0 Å². The molecule has 0 N–H and O–H groups in total. The van der Waals surface area contributed by atoms with E-state index >= 15 is 0 Å². The van der Waals surface area contributed by atoms with Crippen molar-refractivity contribution < 1.29 is 0 Å². The standard InChI is InChI=1S/C17H25N7/c1-12(2)16-4-17(19-11-18-16)24-8-13-6-23(7-14(13)9-24)10-15-5-20-21-22(15)3/h4-5,11-14H,6-10H2,1-3H3. The van der Waals surface area contributed by atoms with Crippen LogP contribution in [0.3, 0.4) is 0 Å². The van der Waals surface area contributed by atoms with Gasteiger partial charge in [-0.1, -0.05) is 19.1 Å². The first kappa shape index (κ1) is 15.5. The van der Waals surface area contributed by atoms with E-state index in [1.54, 1.807) is 6.33 Å². The van der Waals surface area contributed by atoms with Crippen LogP contribution in [0.5, 0.6) is 0 Å². The molecule has 0 radical (unpaired) electrons. The van der Waals surface area contributed by atoms with Crippen LogP contribution in [0, 0.1) is 11.8 Å². The summed E-state index contributed by atoms with van der Waals surface area (Å²) in [6, 6.07) is 2.16. The van der Waals surface area contributed by atoms with Gasteiger partial charge in [-0.15, -0.1) is 5.10 Å². The van der Waals surface area contributed by atoms with Crippen LogP contribution in [0.15, 0.2) is 18.6 Å². The molecule has 2 unspecified atom stereocenters. The predicted octanol–water partition coefficient (Wildman–Crippen LogP) is 1.30. The monoisotopic (exact) mass is 327 g/mol. The maximum absolute atomic E-state index is 4.50. The molecule has 0 bridgehead atoms.